The topological polar surface area (TPSA) is 57.4 Å². The zero-order valence-electron chi connectivity index (χ0n) is 18.7. The van der Waals surface area contributed by atoms with Crippen LogP contribution in [0.15, 0.2) is 48.5 Å². The van der Waals surface area contributed by atoms with Crippen LogP contribution in [0.3, 0.4) is 0 Å². The molecule has 6 heteroatoms. The molecule has 3 rings (SSSR count). The second-order valence-electron chi connectivity index (χ2n) is 7.29. The van der Waals surface area contributed by atoms with Gasteiger partial charge in [-0.3, -0.25) is 4.57 Å². The normalized spacial score (nSPS) is 12.1. The van der Waals surface area contributed by atoms with Crippen LogP contribution in [0.2, 0.25) is 0 Å². The minimum absolute atomic E-state index is 0.666. The van der Waals surface area contributed by atoms with E-state index in [2.05, 4.69) is 72.0 Å². The summed E-state index contributed by atoms with van der Waals surface area (Å²) in [5.41, 5.74) is 4.23. The van der Waals surface area contributed by atoms with Crippen LogP contribution >= 0.6 is 0 Å². The van der Waals surface area contributed by atoms with E-state index in [1.807, 2.05) is 24.3 Å². The van der Waals surface area contributed by atoms with Gasteiger partial charge in [0.25, 0.3) is 0 Å². The largest absolute Gasteiger partial charge is 0.373 e. The van der Waals surface area contributed by atoms with Crippen molar-refractivity contribution in [1.29, 1.82) is 0 Å². The standard InChI is InChI=1S/C24H33N5O/c1-6-27(7-2)21-14-10-19(11-15-21)23-25-26-24(29(23)18(5)30)20-12-16-22(17-13-20)28(8-3)9-4/h10-18,30H,6-9H2,1-5H3. The van der Waals surface area contributed by atoms with Gasteiger partial charge in [0.15, 0.2) is 11.6 Å². The van der Waals surface area contributed by atoms with Crippen LogP contribution in [-0.2, 0) is 0 Å². The van der Waals surface area contributed by atoms with Crippen molar-refractivity contribution >= 4 is 11.4 Å². The van der Waals surface area contributed by atoms with Crippen molar-refractivity contribution in [3.8, 4) is 22.8 Å². The molecule has 2 aromatic carbocycles. The van der Waals surface area contributed by atoms with E-state index in [4.69, 9.17) is 0 Å². The fraction of sp³-hybridized carbons (Fsp3) is 0.417. The highest BCUT2D eigenvalue weighted by molar-refractivity contribution is 5.66. The number of aliphatic hydroxyl groups excluding tert-OH is 1. The highest BCUT2D eigenvalue weighted by Gasteiger charge is 2.19. The zero-order chi connectivity index (χ0) is 21.7. The maximum atomic E-state index is 10.5. The molecule has 0 aliphatic heterocycles. The van der Waals surface area contributed by atoms with E-state index in [-0.39, 0.29) is 0 Å². The van der Waals surface area contributed by atoms with E-state index < -0.39 is 6.23 Å². The van der Waals surface area contributed by atoms with Gasteiger partial charge in [-0.05, 0) is 83.1 Å². The maximum Gasteiger partial charge on any atom is 0.166 e. The molecule has 0 amide bonds. The fourth-order valence-electron chi connectivity index (χ4n) is 3.86. The molecule has 0 radical (unpaired) electrons. The van der Waals surface area contributed by atoms with Gasteiger partial charge >= 0.3 is 0 Å². The second kappa shape index (κ2) is 9.76. The van der Waals surface area contributed by atoms with E-state index in [1.54, 1.807) is 11.5 Å². The summed E-state index contributed by atoms with van der Waals surface area (Å²) < 4.78 is 1.79. The van der Waals surface area contributed by atoms with Gasteiger partial charge < -0.3 is 14.9 Å². The Labute approximate surface area is 179 Å². The molecule has 0 saturated carbocycles. The molecule has 0 aliphatic carbocycles. The van der Waals surface area contributed by atoms with Crippen molar-refractivity contribution in [2.75, 3.05) is 36.0 Å². The number of benzene rings is 2. The number of aliphatic hydroxyl groups is 1. The van der Waals surface area contributed by atoms with Crippen LogP contribution in [0, 0.1) is 0 Å². The molecular formula is C24H33N5O. The summed E-state index contributed by atoms with van der Waals surface area (Å²) in [6.07, 6.45) is -0.741. The number of hydrogen-bond acceptors (Lipinski definition) is 5. The van der Waals surface area contributed by atoms with Crippen LogP contribution in [-0.4, -0.2) is 46.1 Å². The number of rotatable bonds is 9. The number of aromatic nitrogens is 3. The van der Waals surface area contributed by atoms with Crippen molar-refractivity contribution in [3.63, 3.8) is 0 Å². The van der Waals surface area contributed by atoms with E-state index in [9.17, 15) is 5.11 Å². The Morgan fingerprint density at radius 2 is 1.03 bits per heavy atom. The van der Waals surface area contributed by atoms with E-state index >= 15 is 0 Å². The quantitative estimate of drug-likeness (QED) is 0.551. The predicted molar refractivity (Wildman–Crippen MR) is 125 cm³/mol. The number of nitrogens with zero attached hydrogens (tertiary/aromatic N) is 5. The van der Waals surface area contributed by atoms with Crippen LogP contribution in [0.4, 0.5) is 11.4 Å². The monoisotopic (exact) mass is 407 g/mol. The fourth-order valence-corrected chi connectivity index (χ4v) is 3.86. The summed E-state index contributed by atoms with van der Waals surface area (Å²) in [4.78, 5) is 4.60. The Hall–Kier alpha value is -2.86. The van der Waals surface area contributed by atoms with Crippen molar-refractivity contribution in [2.45, 2.75) is 40.8 Å². The lowest BCUT2D eigenvalue weighted by atomic mass is 10.1. The van der Waals surface area contributed by atoms with Gasteiger partial charge in [-0.2, -0.15) is 0 Å². The second-order valence-corrected chi connectivity index (χ2v) is 7.29. The Kier molecular flexibility index (Phi) is 7.11. The Morgan fingerprint density at radius 1 is 0.700 bits per heavy atom. The van der Waals surface area contributed by atoms with Gasteiger partial charge in [-0.15, -0.1) is 10.2 Å². The molecule has 0 fully saturated rings. The lowest BCUT2D eigenvalue weighted by molar-refractivity contribution is 0.127. The maximum absolute atomic E-state index is 10.5. The third kappa shape index (κ3) is 4.33. The minimum Gasteiger partial charge on any atom is -0.373 e. The molecule has 1 N–H and O–H groups in total. The summed E-state index contributed by atoms with van der Waals surface area (Å²) in [6.45, 7) is 14.2. The first-order valence-electron chi connectivity index (χ1n) is 10.9. The molecule has 160 valence electrons. The summed E-state index contributed by atoms with van der Waals surface area (Å²) in [5.74, 6) is 1.33. The SMILES string of the molecule is CCN(CC)c1ccc(-c2nnc(-c3ccc(N(CC)CC)cc3)n2C(C)O)cc1. The molecule has 0 saturated heterocycles. The van der Waals surface area contributed by atoms with Gasteiger partial charge in [-0.1, -0.05) is 0 Å². The summed E-state index contributed by atoms with van der Waals surface area (Å²) >= 11 is 0. The molecule has 0 bridgehead atoms. The molecule has 30 heavy (non-hydrogen) atoms. The molecule has 1 aromatic heterocycles. The van der Waals surface area contributed by atoms with Crippen LogP contribution in [0.25, 0.3) is 22.8 Å². The van der Waals surface area contributed by atoms with Crippen LogP contribution in [0.5, 0.6) is 0 Å². The summed E-state index contributed by atoms with van der Waals surface area (Å²) in [5, 5.41) is 19.3. The van der Waals surface area contributed by atoms with Gasteiger partial charge in [0.05, 0.1) is 0 Å². The summed E-state index contributed by atoms with van der Waals surface area (Å²) in [6, 6.07) is 16.6. The molecule has 0 spiro atoms. The van der Waals surface area contributed by atoms with E-state index in [0.29, 0.717) is 11.6 Å². The van der Waals surface area contributed by atoms with Crippen molar-refractivity contribution in [1.82, 2.24) is 14.8 Å². The molecular weight excluding hydrogens is 374 g/mol. The summed E-state index contributed by atoms with van der Waals surface area (Å²) in [7, 11) is 0. The predicted octanol–water partition coefficient (Wildman–Crippen LogP) is 4.82. The smallest absolute Gasteiger partial charge is 0.166 e. The van der Waals surface area contributed by atoms with Gasteiger partial charge in [0, 0.05) is 48.7 Å². The molecule has 0 aliphatic rings. The van der Waals surface area contributed by atoms with Crippen molar-refractivity contribution in [2.24, 2.45) is 0 Å². The van der Waals surface area contributed by atoms with Gasteiger partial charge in [-0.25, -0.2) is 0 Å². The Bertz CT molecular complexity index is 850. The first-order valence-corrected chi connectivity index (χ1v) is 10.9. The number of hydrogen-bond donors (Lipinski definition) is 1. The van der Waals surface area contributed by atoms with Crippen molar-refractivity contribution in [3.05, 3.63) is 48.5 Å². The molecule has 1 heterocycles. The van der Waals surface area contributed by atoms with E-state index in [0.717, 1.165) is 37.3 Å². The molecule has 6 nitrogen and oxygen atoms in total. The lowest BCUT2D eigenvalue weighted by Crippen LogP contribution is -2.21. The Morgan fingerprint density at radius 3 is 1.30 bits per heavy atom. The first kappa shape index (κ1) is 21.8. The molecule has 3 aromatic rings. The third-order valence-electron chi connectivity index (χ3n) is 5.58. The third-order valence-corrected chi connectivity index (χ3v) is 5.58. The van der Waals surface area contributed by atoms with Crippen molar-refractivity contribution < 1.29 is 5.11 Å². The van der Waals surface area contributed by atoms with Crippen LogP contribution in [0.1, 0.15) is 40.8 Å². The Balaban J connectivity index is 1.96. The first-order chi connectivity index (χ1) is 14.5. The average Bonchev–Trinajstić information content (AvgIpc) is 3.22. The molecule has 1 unspecified atom stereocenters. The molecule has 1 atom stereocenters. The zero-order valence-corrected chi connectivity index (χ0v) is 18.7. The highest BCUT2D eigenvalue weighted by Crippen LogP contribution is 2.30. The lowest BCUT2D eigenvalue weighted by Gasteiger charge is -2.21. The van der Waals surface area contributed by atoms with Crippen LogP contribution < -0.4 is 9.80 Å². The van der Waals surface area contributed by atoms with Gasteiger partial charge in [0.1, 0.15) is 6.23 Å². The van der Waals surface area contributed by atoms with Gasteiger partial charge in [0.2, 0.25) is 0 Å². The number of anilines is 2. The van der Waals surface area contributed by atoms with E-state index in [1.165, 1.54) is 11.4 Å². The highest BCUT2D eigenvalue weighted by atomic mass is 16.3. The average molecular weight is 408 g/mol. The minimum atomic E-state index is -0.741.